The molecule has 0 heterocycles. The normalized spacial score (nSPS) is 25.4. The van der Waals surface area contributed by atoms with E-state index in [4.69, 9.17) is 0 Å². The number of rotatable bonds is 5. The van der Waals surface area contributed by atoms with Gasteiger partial charge in [0.2, 0.25) is 0 Å². The van der Waals surface area contributed by atoms with E-state index in [-0.39, 0.29) is 5.92 Å². The lowest BCUT2D eigenvalue weighted by atomic mass is 9.75. The molecule has 2 atom stereocenters. The standard InChI is InChI=1S/C24H31NO/c1-25(2)19-23-16-10-9-15-22(17-20-11-5-3-6-12-20)24(23,26)18-21-13-7-4-8-14-21/h3-8,11-14,17,23,26H,9-10,15-16,18-19H2,1-2H3. The van der Waals surface area contributed by atoms with E-state index >= 15 is 0 Å². The summed E-state index contributed by atoms with van der Waals surface area (Å²) in [6, 6.07) is 20.9. The van der Waals surface area contributed by atoms with Crippen LogP contribution in [0.2, 0.25) is 0 Å². The van der Waals surface area contributed by atoms with Crippen LogP contribution in [0.15, 0.2) is 66.2 Å². The molecule has 0 radical (unpaired) electrons. The van der Waals surface area contributed by atoms with Crippen molar-refractivity contribution in [3.63, 3.8) is 0 Å². The largest absolute Gasteiger partial charge is 0.385 e. The Bertz CT molecular complexity index is 708. The molecule has 26 heavy (non-hydrogen) atoms. The zero-order valence-corrected chi connectivity index (χ0v) is 16.1. The molecule has 1 aliphatic rings. The van der Waals surface area contributed by atoms with Crippen LogP contribution in [0.25, 0.3) is 6.08 Å². The fraction of sp³-hybridized carbons (Fsp3) is 0.417. The molecule has 2 aromatic carbocycles. The molecule has 0 amide bonds. The molecule has 2 heteroatoms. The first-order valence-electron chi connectivity index (χ1n) is 9.75. The van der Waals surface area contributed by atoms with Crippen LogP contribution >= 0.6 is 0 Å². The first-order chi connectivity index (χ1) is 12.6. The van der Waals surface area contributed by atoms with Gasteiger partial charge >= 0.3 is 0 Å². The summed E-state index contributed by atoms with van der Waals surface area (Å²) in [4.78, 5) is 2.21. The summed E-state index contributed by atoms with van der Waals surface area (Å²) in [7, 11) is 4.21. The molecule has 0 aromatic heterocycles. The average Bonchev–Trinajstić information content (AvgIpc) is 2.77. The second kappa shape index (κ2) is 8.66. The Morgan fingerprint density at radius 1 is 1.00 bits per heavy atom. The fourth-order valence-corrected chi connectivity index (χ4v) is 4.22. The molecule has 0 aliphatic heterocycles. The zero-order chi connectivity index (χ0) is 18.4. The van der Waals surface area contributed by atoms with Crippen LogP contribution in [0.4, 0.5) is 0 Å². The number of aliphatic hydroxyl groups is 1. The van der Waals surface area contributed by atoms with Gasteiger partial charge in [0.15, 0.2) is 0 Å². The van der Waals surface area contributed by atoms with Gasteiger partial charge in [-0.05, 0) is 50.1 Å². The van der Waals surface area contributed by atoms with E-state index in [1.807, 2.05) is 12.1 Å². The van der Waals surface area contributed by atoms with Crippen LogP contribution in [0.1, 0.15) is 36.8 Å². The monoisotopic (exact) mass is 349 g/mol. The maximum atomic E-state index is 12.0. The third-order valence-electron chi connectivity index (χ3n) is 5.52. The second-order valence-electron chi connectivity index (χ2n) is 7.87. The Balaban J connectivity index is 2.01. The number of benzene rings is 2. The van der Waals surface area contributed by atoms with Gasteiger partial charge in [0, 0.05) is 18.9 Å². The highest BCUT2D eigenvalue weighted by atomic mass is 16.3. The Labute approximate surface area is 158 Å². The topological polar surface area (TPSA) is 23.5 Å². The second-order valence-corrected chi connectivity index (χ2v) is 7.87. The molecule has 1 N–H and O–H groups in total. The molecule has 2 aromatic rings. The van der Waals surface area contributed by atoms with Crippen LogP contribution in [-0.2, 0) is 6.42 Å². The van der Waals surface area contributed by atoms with Crippen molar-refractivity contribution in [2.75, 3.05) is 20.6 Å². The Morgan fingerprint density at radius 3 is 2.31 bits per heavy atom. The molecular weight excluding hydrogens is 318 g/mol. The van der Waals surface area contributed by atoms with Crippen molar-refractivity contribution >= 4 is 6.08 Å². The van der Waals surface area contributed by atoms with Gasteiger partial charge in [-0.25, -0.2) is 0 Å². The lowest BCUT2D eigenvalue weighted by Crippen LogP contribution is -2.45. The van der Waals surface area contributed by atoms with Crippen molar-refractivity contribution in [1.29, 1.82) is 0 Å². The van der Waals surface area contributed by atoms with E-state index in [0.29, 0.717) is 6.42 Å². The lowest BCUT2D eigenvalue weighted by molar-refractivity contribution is 0.00517. The highest BCUT2D eigenvalue weighted by Gasteiger charge is 2.41. The first kappa shape index (κ1) is 18.9. The van der Waals surface area contributed by atoms with Gasteiger partial charge in [0.05, 0.1) is 5.60 Å². The molecule has 0 bridgehead atoms. The molecule has 138 valence electrons. The summed E-state index contributed by atoms with van der Waals surface area (Å²) in [5.41, 5.74) is 2.79. The lowest BCUT2D eigenvalue weighted by Gasteiger charge is -2.39. The molecule has 2 unspecified atom stereocenters. The predicted molar refractivity (Wildman–Crippen MR) is 110 cm³/mol. The van der Waals surface area contributed by atoms with E-state index in [1.54, 1.807) is 0 Å². The molecule has 1 aliphatic carbocycles. The van der Waals surface area contributed by atoms with Crippen LogP contribution in [0.5, 0.6) is 0 Å². The van der Waals surface area contributed by atoms with Gasteiger partial charge in [-0.2, -0.15) is 0 Å². The van der Waals surface area contributed by atoms with E-state index in [2.05, 4.69) is 73.6 Å². The fourth-order valence-electron chi connectivity index (χ4n) is 4.22. The molecule has 0 saturated heterocycles. The minimum absolute atomic E-state index is 0.246. The Kier molecular flexibility index (Phi) is 6.29. The van der Waals surface area contributed by atoms with Crippen molar-refractivity contribution < 1.29 is 5.11 Å². The third-order valence-corrected chi connectivity index (χ3v) is 5.52. The van der Waals surface area contributed by atoms with Gasteiger partial charge in [0.25, 0.3) is 0 Å². The van der Waals surface area contributed by atoms with Crippen LogP contribution in [-0.4, -0.2) is 36.2 Å². The van der Waals surface area contributed by atoms with E-state index in [9.17, 15) is 5.11 Å². The van der Waals surface area contributed by atoms with E-state index in [0.717, 1.165) is 25.8 Å². The number of hydrogen-bond donors (Lipinski definition) is 1. The molecule has 2 nitrogen and oxygen atoms in total. The zero-order valence-electron chi connectivity index (χ0n) is 16.1. The van der Waals surface area contributed by atoms with Crippen molar-refractivity contribution in [2.24, 2.45) is 5.92 Å². The minimum Gasteiger partial charge on any atom is -0.385 e. The van der Waals surface area contributed by atoms with Gasteiger partial charge in [-0.15, -0.1) is 0 Å². The summed E-state index contributed by atoms with van der Waals surface area (Å²) < 4.78 is 0. The molecule has 3 rings (SSSR count). The van der Waals surface area contributed by atoms with Crippen LogP contribution in [0, 0.1) is 5.92 Å². The average molecular weight is 350 g/mol. The highest BCUT2D eigenvalue weighted by molar-refractivity contribution is 5.55. The van der Waals surface area contributed by atoms with E-state index < -0.39 is 5.60 Å². The Morgan fingerprint density at radius 2 is 1.65 bits per heavy atom. The maximum Gasteiger partial charge on any atom is 0.0940 e. The SMILES string of the molecule is CN(C)CC1CCCCC(=Cc2ccccc2)C1(O)Cc1ccccc1. The minimum atomic E-state index is -0.794. The van der Waals surface area contributed by atoms with Gasteiger partial charge < -0.3 is 10.0 Å². The first-order valence-corrected chi connectivity index (χ1v) is 9.75. The van der Waals surface area contributed by atoms with Crippen molar-refractivity contribution in [3.8, 4) is 0 Å². The van der Waals surface area contributed by atoms with Crippen molar-refractivity contribution in [3.05, 3.63) is 77.4 Å². The van der Waals surface area contributed by atoms with Crippen LogP contribution < -0.4 is 0 Å². The smallest absolute Gasteiger partial charge is 0.0940 e. The summed E-state index contributed by atoms with van der Waals surface area (Å²) in [5.74, 6) is 0.246. The summed E-state index contributed by atoms with van der Waals surface area (Å²) in [6.07, 6.45) is 7.30. The van der Waals surface area contributed by atoms with Crippen molar-refractivity contribution in [2.45, 2.75) is 37.7 Å². The molecular formula is C24H31NO. The summed E-state index contributed by atoms with van der Waals surface area (Å²) in [5, 5.41) is 12.0. The van der Waals surface area contributed by atoms with Gasteiger partial charge in [-0.1, -0.05) is 73.2 Å². The summed E-state index contributed by atoms with van der Waals surface area (Å²) >= 11 is 0. The van der Waals surface area contributed by atoms with Gasteiger partial charge in [0.1, 0.15) is 0 Å². The third kappa shape index (κ3) is 4.63. The molecule has 1 fully saturated rings. The predicted octanol–water partition coefficient (Wildman–Crippen LogP) is 4.80. The van der Waals surface area contributed by atoms with Crippen LogP contribution in [0.3, 0.4) is 0 Å². The summed E-state index contributed by atoms with van der Waals surface area (Å²) in [6.45, 7) is 0.912. The Hall–Kier alpha value is -1.90. The molecule has 0 spiro atoms. The molecule has 1 saturated carbocycles. The van der Waals surface area contributed by atoms with Crippen molar-refractivity contribution in [1.82, 2.24) is 4.90 Å². The van der Waals surface area contributed by atoms with E-state index in [1.165, 1.54) is 23.1 Å². The number of hydrogen-bond acceptors (Lipinski definition) is 2. The maximum absolute atomic E-state index is 12.0. The van der Waals surface area contributed by atoms with Gasteiger partial charge in [-0.3, -0.25) is 0 Å². The number of nitrogens with zero attached hydrogens (tertiary/aromatic N) is 1. The highest BCUT2D eigenvalue weighted by Crippen LogP contribution is 2.40. The quantitative estimate of drug-likeness (QED) is 0.784.